The van der Waals surface area contributed by atoms with Crippen molar-refractivity contribution in [3.8, 4) is 11.5 Å². The number of thioether (sulfide) groups is 1. The number of ether oxygens (including phenoxy) is 2. The van der Waals surface area contributed by atoms with Crippen LogP contribution < -0.4 is 20.1 Å². The summed E-state index contributed by atoms with van der Waals surface area (Å²) in [6, 6.07) is 18.7. The summed E-state index contributed by atoms with van der Waals surface area (Å²) in [5.41, 5.74) is 5.90. The van der Waals surface area contributed by atoms with Crippen LogP contribution in [0.5, 0.6) is 11.5 Å². The molecule has 0 bridgehead atoms. The molecule has 1 atom stereocenters. The Balaban J connectivity index is 1.55. The van der Waals surface area contributed by atoms with E-state index in [1.54, 1.807) is 11.8 Å². The Morgan fingerprint density at radius 3 is 2.66 bits per heavy atom. The minimum Gasteiger partial charge on any atom is -0.493 e. The third-order valence-electron chi connectivity index (χ3n) is 7.05. The van der Waals surface area contributed by atoms with Crippen molar-refractivity contribution < 1.29 is 14.3 Å². The number of aromatic nitrogens is 3. The number of halogens is 1. The van der Waals surface area contributed by atoms with E-state index < -0.39 is 6.04 Å². The SMILES string of the molecule is CCOc1cc(C2C(C(=O)Nc3cccc(C)c3C)=C(C)Nc3nc(SCc4ccccc4Cl)nn32)ccc1OC. The van der Waals surface area contributed by atoms with Gasteiger partial charge in [-0.15, -0.1) is 5.10 Å². The molecule has 1 aliphatic heterocycles. The van der Waals surface area contributed by atoms with Crippen LogP contribution in [0.2, 0.25) is 5.02 Å². The van der Waals surface area contributed by atoms with Gasteiger partial charge in [0.05, 0.1) is 19.3 Å². The highest BCUT2D eigenvalue weighted by Gasteiger charge is 2.35. The fraction of sp³-hybridized carbons (Fsp3) is 0.258. The summed E-state index contributed by atoms with van der Waals surface area (Å²) in [5, 5.41) is 12.6. The molecule has 0 spiro atoms. The van der Waals surface area contributed by atoms with Crippen LogP contribution in [0.3, 0.4) is 0 Å². The molecule has 5 rings (SSSR count). The zero-order valence-corrected chi connectivity index (χ0v) is 25.2. The van der Waals surface area contributed by atoms with Gasteiger partial charge in [0, 0.05) is 22.2 Å². The molecule has 0 radical (unpaired) electrons. The Hall–Kier alpha value is -3.95. The molecule has 2 heterocycles. The van der Waals surface area contributed by atoms with Crippen molar-refractivity contribution in [2.24, 2.45) is 0 Å². The first-order valence-corrected chi connectivity index (χ1v) is 14.7. The molecule has 212 valence electrons. The zero-order chi connectivity index (χ0) is 29.1. The van der Waals surface area contributed by atoms with E-state index in [0.29, 0.717) is 51.3 Å². The Bertz CT molecular complexity index is 1630. The van der Waals surface area contributed by atoms with E-state index in [9.17, 15) is 4.79 Å². The highest BCUT2D eigenvalue weighted by atomic mass is 35.5. The number of allylic oxidation sites excluding steroid dienone is 1. The molecule has 1 amide bonds. The summed E-state index contributed by atoms with van der Waals surface area (Å²) >= 11 is 7.86. The maximum atomic E-state index is 14.0. The Labute approximate surface area is 249 Å². The fourth-order valence-electron chi connectivity index (χ4n) is 4.76. The van der Waals surface area contributed by atoms with E-state index in [1.807, 2.05) is 88.4 Å². The van der Waals surface area contributed by atoms with Crippen LogP contribution >= 0.6 is 23.4 Å². The lowest BCUT2D eigenvalue weighted by molar-refractivity contribution is -0.113. The first-order chi connectivity index (χ1) is 19.8. The van der Waals surface area contributed by atoms with Gasteiger partial charge in [-0.3, -0.25) is 4.79 Å². The number of nitrogens with one attached hydrogen (secondary N) is 2. The molecule has 1 aliphatic rings. The fourth-order valence-corrected chi connectivity index (χ4v) is 5.88. The van der Waals surface area contributed by atoms with E-state index in [4.69, 9.17) is 31.2 Å². The third kappa shape index (κ3) is 5.92. The van der Waals surface area contributed by atoms with Gasteiger partial charge in [-0.05, 0) is 74.2 Å². The Morgan fingerprint density at radius 2 is 1.90 bits per heavy atom. The maximum Gasteiger partial charge on any atom is 0.255 e. The average molecular weight is 590 g/mol. The van der Waals surface area contributed by atoms with Gasteiger partial charge in [-0.1, -0.05) is 59.8 Å². The van der Waals surface area contributed by atoms with E-state index in [0.717, 1.165) is 27.9 Å². The Morgan fingerprint density at radius 1 is 1.10 bits per heavy atom. The Kier molecular flexibility index (Phi) is 8.56. The van der Waals surface area contributed by atoms with Gasteiger partial charge < -0.3 is 20.1 Å². The summed E-state index contributed by atoms with van der Waals surface area (Å²) in [4.78, 5) is 18.7. The second kappa shape index (κ2) is 12.3. The summed E-state index contributed by atoms with van der Waals surface area (Å²) in [6.45, 7) is 8.29. The number of benzene rings is 3. The second-order valence-corrected chi connectivity index (χ2v) is 11.0. The minimum atomic E-state index is -0.566. The molecule has 1 aromatic heterocycles. The molecule has 1 unspecified atom stereocenters. The number of amides is 1. The molecule has 41 heavy (non-hydrogen) atoms. The number of hydrogen-bond donors (Lipinski definition) is 2. The van der Waals surface area contributed by atoms with E-state index in [2.05, 4.69) is 10.6 Å². The van der Waals surface area contributed by atoms with E-state index >= 15 is 0 Å². The predicted molar refractivity (Wildman–Crippen MR) is 164 cm³/mol. The van der Waals surface area contributed by atoms with Crippen molar-refractivity contribution in [2.75, 3.05) is 24.4 Å². The minimum absolute atomic E-state index is 0.228. The number of fused-ring (bicyclic) bond motifs is 1. The number of aryl methyl sites for hydroxylation is 1. The summed E-state index contributed by atoms with van der Waals surface area (Å²) in [6.07, 6.45) is 0. The van der Waals surface area contributed by atoms with Crippen LogP contribution in [-0.4, -0.2) is 34.4 Å². The van der Waals surface area contributed by atoms with Crippen molar-refractivity contribution >= 4 is 40.9 Å². The second-order valence-electron chi connectivity index (χ2n) is 9.65. The lowest BCUT2D eigenvalue weighted by atomic mass is 9.94. The molecular formula is C31H32ClN5O3S. The van der Waals surface area contributed by atoms with Crippen molar-refractivity contribution in [1.82, 2.24) is 14.8 Å². The number of nitrogens with zero attached hydrogens (tertiary/aromatic N) is 3. The van der Waals surface area contributed by atoms with Gasteiger partial charge in [0.15, 0.2) is 11.5 Å². The zero-order valence-electron chi connectivity index (χ0n) is 23.6. The van der Waals surface area contributed by atoms with Gasteiger partial charge in [-0.25, -0.2) is 4.68 Å². The van der Waals surface area contributed by atoms with Gasteiger partial charge in [-0.2, -0.15) is 4.98 Å². The standard InChI is InChI=1S/C31H32ClN5O3S/c1-6-40-26-16-21(14-15-25(26)39-5)28-27(29(38)34-24-13-9-10-18(2)19(24)3)20(4)33-30-35-31(36-37(28)30)41-17-22-11-7-8-12-23(22)32/h7-16,28H,6,17H2,1-5H3,(H,34,38)(H,33,35,36). The van der Waals surface area contributed by atoms with Gasteiger partial charge in [0.25, 0.3) is 5.91 Å². The van der Waals surface area contributed by atoms with Crippen LogP contribution in [0.25, 0.3) is 0 Å². The van der Waals surface area contributed by atoms with Crippen LogP contribution in [-0.2, 0) is 10.5 Å². The van der Waals surface area contributed by atoms with Crippen LogP contribution in [0.4, 0.5) is 11.6 Å². The number of carbonyl (C=O) groups excluding carboxylic acids is 1. The third-order valence-corrected chi connectivity index (χ3v) is 8.30. The summed E-state index contributed by atoms with van der Waals surface area (Å²) in [7, 11) is 1.60. The molecule has 0 saturated heterocycles. The molecular weight excluding hydrogens is 558 g/mol. The molecule has 4 aromatic rings. The van der Waals surface area contributed by atoms with Crippen molar-refractivity contribution in [1.29, 1.82) is 0 Å². The molecule has 3 aromatic carbocycles. The number of carbonyl (C=O) groups is 1. The van der Waals surface area contributed by atoms with Crippen molar-refractivity contribution in [3.63, 3.8) is 0 Å². The van der Waals surface area contributed by atoms with E-state index in [-0.39, 0.29) is 5.91 Å². The van der Waals surface area contributed by atoms with Crippen LogP contribution in [0.1, 0.15) is 42.1 Å². The molecule has 0 aliphatic carbocycles. The number of methoxy groups -OCH3 is 1. The van der Waals surface area contributed by atoms with Crippen molar-refractivity contribution in [3.05, 3.63) is 99.2 Å². The maximum absolute atomic E-state index is 14.0. The number of hydrogen-bond acceptors (Lipinski definition) is 7. The number of rotatable bonds is 9. The van der Waals surface area contributed by atoms with Crippen molar-refractivity contribution in [2.45, 2.75) is 44.6 Å². The molecule has 8 nitrogen and oxygen atoms in total. The average Bonchev–Trinajstić information content (AvgIpc) is 3.36. The molecule has 2 N–H and O–H groups in total. The molecule has 0 fully saturated rings. The van der Waals surface area contributed by atoms with Crippen LogP contribution in [0.15, 0.2) is 77.1 Å². The summed E-state index contributed by atoms with van der Waals surface area (Å²) in [5.74, 6) is 2.13. The predicted octanol–water partition coefficient (Wildman–Crippen LogP) is 7.18. The lowest BCUT2D eigenvalue weighted by Crippen LogP contribution is -2.31. The van der Waals surface area contributed by atoms with E-state index in [1.165, 1.54) is 11.8 Å². The highest BCUT2D eigenvalue weighted by Crippen LogP contribution is 2.40. The normalized spacial score (nSPS) is 14.3. The van der Waals surface area contributed by atoms with Crippen LogP contribution in [0, 0.1) is 13.8 Å². The monoisotopic (exact) mass is 589 g/mol. The highest BCUT2D eigenvalue weighted by molar-refractivity contribution is 7.98. The quantitative estimate of drug-likeness (QED) is 0.200. The first-order valence-electron chi connectivity index (χ1n) is 13.3. The topological polar surface area (TPSA) is 90.3 Å². The van der Waals surface area contributed by atoms with Gasteiger partial charge in [0.2, 0.25) is 11.1 Å². The molecule has 0 saturated carbocycles. The molecule has 10 heteroatoms. The first kappa shape index (κ1) is 28.6. The van der Waals surface area contributed by atoms with Gasteiger partial charge in [0.1, 0.15) is 6.04 Å². The smallest absolute Gasteiger partial charge is 0.255 e. The number of anilines is 2. The largest absolute Gasteiger partial charge is 0.493 e. The lowest BCUT2D eigenvalue weighted by Gasteiger charge is -2.29. The summed E-state index contributed by atoms with van der Waals surface area (Å²) < 4.78 is 13.2. The van der Waals surface area contributed by atoms with Gasteiger partial charge >= 0.3 is 0 Å².